The number of anilines is 1. The number of hydrogen-bond donors (Lipinski definition) is 1. The Labute approximate surface area is 177 Å². The first-order valence-electron chi connectivity index (χ1n) is 9.05. The molecule has 0 radical (unpaired) electrons. The van der Waals surface area contributed by atoms with Crippen LogP contribution in [-0.4, -0.2) is 30.9 Å². The molecule has 4 rings (SSSR count). The maximum atomic E-state index is 13.5. The number of carbonyl (C=O) groups excluding carboxylic acids is 2. The Morgan fingerprint density at radius 1 is 1.17 bits per heavy atom. The zero-order chi connectivity index (χ0) is 20.5. The minimum absolute atomic E-state index is 0.0941. The lowest BCUT2D eigenvalue weighted by molar-refractivity contribution is -0.119. The molecule has 1 aliphatic heterocycles. The maximum absolute atomic E-state index is 13.5. The summed E-state index contributed by atoms with van der Waals surface area (Å²) in [6, 6.07) is 15.8. The minimum atomic E-state index is -0.573. The van der Waals surface area contributed by atoms with Gasteiger partial charge in [0.05, 0.1) is 24.8 Å². The lowest BCUT2D eigenvalue weighted by Crippen LogP contribution is -2.43. The Morgan fingerprint density at radius 2 is 1.97 bits per heavy atom. The molecule has 5 nitrogen and oxygen atoms in total. The molecular formula is C22H19ClN2O3S. The van der Waals surface area contributed by atoms with E-state index in [1.54, 1.807) is 36.2 Å². The zero-order valence-electron chi connectivity index (χ0n) is 15.9. The van der Waals surface area contributed by atoms with Crippen LogP contribution in [0.4, 0.5) is 5.69 Å². The average molecular weight is 427 g/mol. The van der Waals surface area contributed by atoms with Gasteiger partial charge in [0.15, 0.2) is 0 Å². The highest BCUT2D eigenvalue weighted by Crippen LogP contribution is 2.44. The van der Waals surface area contributed by atoms with Gasteiger partial charge in [-0.25, -0.2) is 0 Å². The van der Waals surface area contributed by atoms with Crippen LogP contribution in [0.3, 0.4) is 0 Å². The predicted molar refractivity (Wildman–Crippen MR) is 115 cm³/mol. The molecule has 7 heteroatoms. The van der Waals surface area contributed by atoms with Crippen LogP contribution in [0.1, 0.15) is 32.8 Å². The van der Waals surface area contributed by atoms with E-state index in [1.807, 2.05) is 35.7 Å². The molecule has 0 saturated heterocycles. The van der Waals surface area contributed by atoms with Crippen LogP contribution >= 0.6 is 22.9 Å². The molecule has 0 saturated carbocycles. The highest BCUT2D eigenvalue weighted by Gasteiger charge is 2.43. The van der Waals surface area contributed by atoms with E-state index in [0.29, 0.717) is 27.6 Å². The first kappa shape index (κ1) is 19.5. The summed E-state index contributed by atoms with van der Waals surface area (Å²) in [5.41, 5.74) is 1.75. The van der Waals surface area contributed by atoms with Gasteiger partial charge >= 0.3 is 0 Å². The number of ether oxygens (including phenoxy) is 1. The Balaban J connectivity index is 1.80. The van der Waals surface area contributed by atoms with Gasteiger partial charge in [-0.05, 0) is 41.3 Å². The van der Waals surface area contributed by atoms with E-state index in [9.17, 15) is 9.59 Å². The third kappa shape index (κ3) is 3.50. The molecule has 0 spiro atoms. The Hall–Kier alpha value is -2.83. The highest BCUT2D eigenvalue weighted by molar-refractivity contribution is 7.10. The number of halogens is 1. The topological polar surface area (TPSA) is 58.6 Å². The third-order valence-electron chi connectivity index (χ3n) is 5.12. The Kier molecular flexibility index (Phi) is 5.30. The number of fused-ring (bicyclic) bond motifs is 1. The number of likely N-dealkylation sites (N-methyl/N-ethyl adjacent to an activating group) is 1. The summed E-state index contributed by atoms with van der Waals surface area (Å²) in [5, 5.41) is 5.40. The van der Waals surface area contributed by atoms with Crippen molar-refractivity contribution in [2.24, 2.45) is 0 Å². The molecule has 0 bridgehead atoms. The highest BCUT2D eigenvalue weighted by atomic mass is 35.5. The number of hydrogen-bond acceptors (Lipinski definition) is 4. The number of nitrogens with zero attached hydrogens (tertiary/aromatic N) is 1. The minimum Gasteiger partial charge on any atom is -0.495 e. The Morgan fingerprint density at radius 3 is 2.69 bits per heavy atom. The van der Waals surface area contributed by atoms with Crippen LogP contribution in [0.2, 0.25) is 5.02 Å². The number of thiophene rings is 1. The SMILES string of the molecule is COc1ccc(Cl)cc1NC(=O)[C@@H]1c2ccccc2C(=O)N(C)[C@H]1c1cccs1. The van der Waals surface area contributed by atoms with E-state index in [-0.39, 0.29) is 11.8 Å². The second-order valence-electron chi connectivity index (χ2n) is 6.78. The normalized spacial score (nSPS) is 18.3. The molecule has 0 aliphatic carbocycles. The fourth-order valence-electron chi connectivity index (χ4n) is 3.76. The molecule has 1 aromatic heterocycles. The molecule has 29 heavy (non-hydrogen) atoms. The summed E-state index contributed by atoms with van der Waals surface area (Å²) < 4.78 is 5.36. The number of amides is 2. The molecule has 3 aromatic rings. The fraction of sp³-hybridized carbons (Fsp3) is 0.182. The maximum Gasteiger partial charge on any atom is 0.254 e. The Bertz CT molecular complexity index is 1070. The van der Waals surface area contributed by atoms with Crippen LogP contribution in [0.5, 0.6) is 5.75 Å². The summed E-state index contributed by atoms with van der Waals surface area (Å²) in [4.78, 5) is 29.1. The lowest BCUT2D eigenvalue weighted by Gasteiger charge is -2.39. The van der Waals surface area contributed by atoms with Crippen molar-refractivity contribution in [3.8, 4) is 5.75 Å². The van der Waals surface area contributed by atoms with Crippen LogP contribution < -0.4 is 10.1 Å². The van der Waals surface area contributed by atoms with Gasteiger partial charge in [0.1, 0.15) is 5.75 Å². The molecule has 1 aliphatic rings. The van der Waals surface area contributed by atoms with Gasteiger partial charge in [-0.3, -0.25) is 9.59 Å². The van der Waals surface area contributed by atoms with Crippen molar-refractivity contribution in [2.45, 2.75) is 12.0 Å². The number of methoxy groups -OCH3 is 1. The standard InChI is InChI=1S/C22H19ClN2O3S/c1-25-20(18-8-5-11-29-18)19(14-6-3-4-7-15(14)22(25)27)21(26)24-16-12-13(23)9-10-17(16)28-2/h3-12,19-20H,1-2H3,(H,24,26)/t19-,20+/m1/s1. The number of nitrogens with one attached hydrogen (secondary N) is 1. The average Bonchev–Trinajstić information content (AvgIpc) is 3.25. The summed E-state index contributed by atoms with van der Waals surface area (Å²) in [6.07, 6.45) is 0. The zero-order valence-corrected chi connectivity index (χ0v) is 17.5. The third-order valence-corrected chi connectivity index (χ3v) is 6.29. The van der Waals surface area contributed by atoms with Gasteiger partial charge in [0.25, 0.3) is 5.91 Å². The smallest absolute Gasteiger partial charge is 0.254 e. The van der Waals surface area contributed by atoms with E-state index in [2.05, 4.69) is 5.32 Å². The molecule has 148 valence electrons. The van der Waals surface area contributed by atoms with Crippen molar-refractivity contribution in [1.29, 1.82) is 0 Å². The van der Waals surface area contributed by atoms with Gasteiger partial charge < -0.3 is 15.0 Å². The van der Waals surface area contributed by atoms with Crippen LogP contribution in [0.25, 0.3) is 0 Å². The van der Waals surface area contributed by atoms with Gasteiger partial charge in [0.2, 0.25) is 5.91 Å². The van der Waals surface area contributed by atoms with E-state index >= 15 is 0 Å². The first-order chi connectivity index (χ1) is 14.0. The molecule has 2 aromatic carbocycles. The quantitative estimate of drug-likeness (QED) is 0.641. The predicted octanol–water partition coefficient (Wildman–Crippen LogP) is 4.96. The summed E-state index contributed by atoms with van der Waals surface area (Å²) in [6.45, 7) is 0. The fourth-order valence-corrected chi connectivity index (χ4v) is 4.84. The van der Waals surface area contributed by atoms with Gasteiger partial charge in [0, 0.05) is 22.5 Å². The van der Waals surface area contributed by atoms with E-state index < -0.39 is 12.0 Å². The monoisotopic (exact) mass is 426 g/mol. The van der Waals surface area contributed by atoms with E-state index in [0.717, 1.165) is 4.88 Å². The van der Waals surface area contributed by atoms with Crippen LogP contribution in [-0.2, 0) is 4.79 Å². The number of rotatable bonds is 4. The number of carbonyl (C=O) groups is 2. The molecular weight excluding hydrogens is 408 g/mol. The van der Waals surface area contributed by atoms with Crippen molar-refractivity contribution in [2.75, 3.05) is 19.5 Å². The summed E-state index contributed by atoms with van der Waals surface area (Å²) >= 11 is 7.65. The van der Waals surface area contributed by atoms with Crippen molar-refractivity contribution < 1.29 is 14.3 Å². The first-order valence-corrected chi connectivity index (χ1v) is 10.3. The van der Waals surface area contributed by atoms with Gasteiger partial charge in [-0.15, -0.1) is 11.3 Å². The van der Waals surface area contributed by atoms with E-state index in [4.69, 9.17) is 16.3 Å². The lowest BCUT2D eigenvalue weighted by atomic mass is 9.81. The van der Waals surface area contributed by atoms with Gasteiger partial charge in [-0.1, -0.05) is 35.9 Å². The molecule has 2 atom stereocenters. The number of benzene rings is 2. The van der Waals surface area contributed by atoms with Crippen LogP contribution in [0.15, 0.2) is 60.0 Å². The molecule has 0 fully saturated rings. The summed E-state index contributed by atoms with van der Waals surface area (Å²) in [7, 11) is 3.28. The molecule has 1 N–H and O–H groups in total. The summed E-state index contributed by atoms with van der Waals surface area (Å²) in [5.74, 6) is -0.376. The van der Waals surface area contributed by atoms with Crippen LogP contribution in [0, 0.1) is 0 Å². The van der Waals surface area contributed by atoms with Crippen molar-refractivity contribution >= 4 is 40.4 Å². The largest absolute Gasteiger partial charge is 0.495 e. The second-order valence-corrected chi connectivity index (χ2v) is 8.19. The van der Waals surface area contributed by atoms with E-state index in [1.165, 1.54) is 18.4 Å². The van der Waals surface area contributed by atoms with Crippen molar-refractivity contribution in [3.63, 3.8) is 0 Å². The molecule has 2 amide bonds. The second kappa shape index (κ2) is 7.89. The molecule has 2 heterocycles. The molecule has 0 unspecified atom stereocenters. The van der Waals surface area contributed by atoms with Gasteiger partial charge in [-0.2, -0.15) is 0 Å². The van der Waals surface area contributed by atoms with Crippen molar-refractivity contribution in [1.82, 2.24) is 4.90 Å². The van der Waals surface area contributed by atoms with Crippen molar-refractivity contribution in [3.05, 3.63) is 81.0 Å².